The first-order valence-corrected chi connectivity index (χ1v) is 3.69. The molecule has 2 rings (SSSR count). The number of imidazole rings is 1. The van der Waals surface area contributed by atoms with Gasteiger partial charge in [0, 0.05) is 31.9 Å². The van der Waals surface area contributed by atoms with Crippen molar-refractivity contribution in [1.29, 1.82) is 0 Å². The van der Waals surface area contributed by atoms with Crippen LogP contribution in [0, 0.1) is 0 Å². The first-order chi connectivity index (χ1) is 5.40. The monoisotopic (exact) mass is 150 g/mol. The van der Waals surface area contributed by atoms with Gasteiger partial charge in [-0.1, -0.05) is 0 Å². The summed E-state index contributed by atoms with van der Waals surface area (Å²) in [6, 6.07) is 0. The number of rotatable bonds is 1. The maximum Gasteiger partial charge on any atom is 0.229 e. The van der Waals surface area contributed by atoms with Crippen molar-refractivity contribution >= 4 is 12.2 Å². The van der Waals surface area contributed by atoms with E-state index < -0.39 is 0 Å². The summed E-state index contributed by atoms with van der Waals surface area (Å²) >= 11 is 0. The molecule has 2 N–H and O–H groups in total. The molecule has 11 heavy (non-hydrogen) atoms. The molecule has 1 aromatic rings. The van der Waals surface area contributed by atoms with Crippen LogP contribution in [0.5, 0.6) is 0 Å². The topological polar surface area (TPSA) is 56.2 Å². The van der Waals surface area contributed by atoms with Crippen LogP contribution in [0.15, 0.2) is 11.2 Å². The summed E-state index contributed by atoms with van der Waals surface area (Å²) in [5.41, 5.74) is 6.35. The minimum Gasteiger partial charge on any atom is -0.325 e. The van der Waals surface area contributed by atoms with Gasteiger partial charge in [0.15, 0.2) is 0 Å². The van der Waals surface area contributed by atoms with E-state index in [4.69, 9.17) is 5.73 Å². The summed E-state index contributed by atoms with van der Waals surface area (Å²) in [5.74, 6) is 0.789. The number of nitrogens with two attached hydrogens (primary N) is 1. The maximum atomic E-state index is 5.43. The molecule has 4 heteroatoms. The normalized spacial score (nSPS) is 15.0. The van der Waals surface area contributed by atoms with Gasteiger partial charge in [-0.25, -0.2) is 9.98 Å². The Morgan fingerprint density at radius 2 is 2.55 bits per heavy atom. The van der Waals surface area contributed by atoms with Gasteiger partial charge in [-0.15, -0.1) is 0 Å². The minimum absolute atomic E-state index is 0.496. The second kappa shape index (κ2) is 2.47. The molecule has 1 aliphatic rings. The van der Waals surface area contributed by atoms with Crippen LogP contribution in [0.1, 0.15) is 12.1 Å². The molecule has 0 spiro atoms. The van der Waals surface area contributed by atoms with Gasteiger partial charge in [0.05, 0.1) is 5.69 Å². The number of hydrogen-bond acceptors (Lipinski definition) is 3. The zero-order chi connectivity index (χ0) is 7.68. The van der Waals surface area contributed by atoms with Crippen molar-refractivity contribution in [3.05, 3.63) is 11.9 Å². The molecule has 0 unspecified atom stereocenters. The van der Waals surface area contributed by atoms with Gasteiger partial charge in [0.25, 0.3) is 0 Å². The van der Waals surface area contributed by atoms with Gasteiger partial charge in [-0.2, -0.15) is 0 Å². The highest BCUT2D eigenvalue weighted by Crippen LogP contribution is 2.15. The average Bonchev–Trinajstić information content (AvgIpc) is 2.46. The van der Waals surface area contributed by atoms with Crippen LogP contribution in [0.2, 0.25) is 0 Å². The van der Waals surface area contributed by atoms with Crippen molar-refractivity contribution < 1.29 is 0 Å². The van der Waals surface area contributed by atoms with Gasteiger partial charge < -0.3 is 10.3 Å². The summed E-state index contributed by atoms with van der Waals surface area (Å²) in [4.78, 5) is 8.34. The van der Waals surface area contributed by atoms with Crippen molar-refractivity contribution in [1.82, 2.24) is 9.55 Å². The van der Waals surface area contributed by atoms with Crippen LogP contribution in [-0.4, -0.2) is 15.8 Å². The fraction of sp³-hybridized carbons (Fsp3) is 0.429. The van der Waals surface area contributed by atoms with Crippen LogP contribution in [0.4, 0.5) is 5.95 Å². The molecule has 0 aliphatic carbocycles. The summed E-state index contributed by atoms with van der Waals surface area (Å²) < 4.78 is 2.03. The highest BCUT2D eigenvalue weighted by molar-refractivity contribution is 5.62. The van der Waals surface area contributed by atoms with E-state index in [2.05, 4.69) is 9.98 Å². The molecule has 0 aromatic carbocycles. The van der Waals surface area contributed by atoms with Crippen LogP contribution < -0.4 is 5.73 Å². The molecule has 0 saturated heterocycles. The number of nitrogens with zero attached hydrogens (tertiary/aromatic N) is 3. The number of aryl methyl sites for hydroxylation is 1. The van der Waals surface area contributed by atoms with Crippen molar-refractivity contribution in [2.45, 2.75) is 19.5 Å². The molecule has 4 nitrogen and oxygen atoms in total. The second-order valence-electron chi connectivity index (χ2n) is 2.53. The Bertz CT molecular complexity index is 287. The average molecular weight is 150 g/mol. The highest BCUT2D eigenvalue weighted by Gasteiger charge is 2.07. The number of hydrogen-bond donors (Lipinski definition) is 1. The number of aromatic nitrogens is 2. The third-order valence-electron chi connectivity index (χ3n) is 1.72. The molecular formula is C7H10N4. The van der Waals surface area contributed by atoms with E-state index in [1.165, 1.54) is 0 Å². The van der Waals surface area contributed by atoms with Crippen molar-refractivity contribution in [3.8, 4) is 0 Å². The van der Waals surface area contributed by atoms with Crippen LogP contribution in [-0.2, 0) is 13.1 Å². The third kappa shape index (κ3) is 1.05. The molecule has 0 fully saturated rings. The Balaban J connectivity index is 2.42. The molecule has 1 aliphatic heterocycles. The lowest BCUT2D eigenvalue weighted by molar-refractivity contribution is 0.716. The van der Waals surface area contributed by atoms with E-state index in [-0.39, 0.29) is 0 Å². The van der Waals surface area contributed by atoms with Crippen LogP contribution in [0.25, 0.3) is 0 Å². The Morgan fingerprint density at radius 1 is 1.64 bits per heavy atom. The SMILES string of the molecule is NCc1cn2c(n1)N=CCC2. The molecular weight excluding hydrogens is 140 g/mol. The first kappa shape index (κ1) is 6.54. The summed E-state index contributed by atoms with van der Waals surface area (Å²) in [5, 5.41) is 0. The number of fused-ring (bicyclic) bond motifs is 1. The van der Waals surface area contributed by atoms with E-state index in [0.717, 1.165) is 24.6 Å². The van der Waals surface area contributed by atoms with E-state index >= 15 is 0 Å². The van der Waals surface area contributed by atoms with Crippen molar-refractivity contribution in [2.24, 2.45) is 10.7 Å². The highest BCUT2D eigenvalue weighted by atomic mass is 15.2. The molecule has 0 bridgehead atoms. The lowest BCUT2D eigenvalue weighted by Crippen LogP contribution is -2.00. The second-order valence-corrected chi connectivity index (χ2v) is 2.53. The predicted octanol–water partition coefficient (Wildman–Crippen LogP) is 0.448. The largest absolute Gasteiger partial charge is 0.325 e. The van der Waals surface area contributed by atoms with Gasteiger partial charge >= 0.3 is 0 Å². The first-order valence-electron chi connectivity index (χ1n) is 3.69. The van der Waals surface area contributed by atoms with Crippen LogP contribution >= 0.6 is 0 Å². The van der Waals surface area contributed by atoms with Crippen molar-refractivity contribution in [3.63, 3.8) is 0 Å². The summed E-state index contributed by atoms with van der Waals surface area (Å²) in [7, 11) is 0. The lowest BCUT2D eigenvalue weighted by atomic mass is 10.4. The molecule has 0 radical (unpaired) electrons. The Hall–Kier alpha value is -1.16. The van der Waals surface area contributed by atoms with E-state index in [1.807, 2.05) is 17.0 Å². The molecule has 58 valence electrons. The smallest absolute Gasteiger partial charge is 0.229 e. The van der Waals surface area contributed by atoms with Gasteiger partial charge in [-0.05, 0) is 0 Å². The number of aliphatic imine (C=N–C) groups is 1. The quantitative estimate of drug-likeness (QED) is 0.631. The lowest BCUT2D eigenvalue weighted by Gasteiger charge is -2.04. The molecule has 0 atom stereocenters. The standard InChI is InChI=1S/C7H10N4/c8-4-6-5-11-3-1-2-9-7(11)10-6/h2,5H,1,3-4,8H2. The third-order valence-corrected chi connectivity index (χ3v) is 1.72. The van der Waals surface area contributed by atoms with Gasteiger partial charge in [-0.3, -0.25) is 0 Å². The zero-order valence-corrected chi connectivity index (χ0v) is 6.20. The van der Waals surface area contributed by atoms with E-state index in [0.29, 0.717) is 6.54 Å². The van der Waals surface area contributed by atoms with Gasteiger partial charge in [0.1, 0.15) is 0 Å². The fourth-order valence-corrected chi connectivity index (χ4v) is 1.17. The Morgan fingerprint density at radius 3 is 3.27 bits per heavy atom. The van der Waals surface area contributed by atoms with Gasteiger partial charge in [0.2, 0.25) is 5.95 Å². The molecule has 2 heterocycles. The Labute approximate surface area is 64.8 Å². The van der Waals surface area contributed by atoms with Crippen LogP contribution in [0.3, 0.4) is 0 Å². The maximum absolute atomic E-state index is 5.43. The van der Waals surface area contributed by atoms with E-state index in [1.54, 1.807) is 0 Å². The molecule has 1 aromatic heterocycles. The van der Waals surface area contributed by atoms with Crippen molar-refractivity contribution in [2.75, 3.05) is 0 Å². The molecule has 0 amide bonds. The minimum atomic E-state index is 0.496. The predicted molar refractivity (Wildman–Crippen MR) is 42.9 cm³/mol. The molecule has 0 saturated carbocycles. The summed E-state index contributed by atoms with van der Waals surface area (Å²) in [6.45, 7) is 1.47. The Kier molecular flexibility index (Phi) is 1.47. The fourth-order valence-electron chi connectivity index (χ4n) is 1.17. The van der Waals surface area contributed by atoms with E-state index in [9.17, 15) is 0 Å². The zero-order valence-electron chi connectivity index (χ0n) is 6.20. The summed E-state index contributed by atoms with van der Waals surface area (Å²) in [6.07, 6.45) is 4.85.